The highest BCUT2D eigenvalue weighted by Gasteiger charge is 2.25. The van der Waals surface area contributed by atoms with E-state index in [1.165, 1.54) is 51.4 Å². The molecule has 1 atom stereocenters. The summed E-state index contributed by atoms with van der Waals surface area (Å²) in [6.07, 6.45) is 12.4. The predicted molar refractivity (Wildman–Crippen MR) is 63.0 cm³/mol. The van der Waals surface area contributed by atoms with Crippen molar-refractivity contribution in [1.82, 2.24) is 20.2 Å². The third-order valence-corrected chi connectivity index (χ3v) is 3.75. The molecule has 1 unspecified atom stereocenters. The second-order valence-electron chi connectivity index (χ2n) is 4.90. The highest BCUT2D eigenvalue weighted by molar-refractivity contribution is 4.77. The van der Waals surface area contributed by atoms with Gasteiger partial charge in [0.2, 0.25) is 0 Å². The maximum absolute atomic E-state index is 4.10. The molecule has 1 heterocycles. The van der Waals surface area contributed by atoms with Crippen molar-refractivity contribution in [2.24, 2.45) is 5.92 Å². The Morgan fingerprint density at radius 1 is 1.31 bits per heavy atom. The van der Waals surface area contributed by atoms with Gasteiger partial charge < -0.3 is 0 Å². The number of aromatic nitrogens is 4. The summed E-state index contributed by atoms with van der Waals surface area (Å²) < 4.78 is 1.99. The first-order valence-electron chi connectivity index (χ1n) is 6.64. The molecule has 1 aromatic rings. The van der Waals surface area contributed by atoms with Crippen LogP contribution in [0, 0.1) is 5.92 Å². The Hall–Kier alpha value is -0.930. The number of hydrogen-bond acceptors (Lipinski definition) is 3. The summed E-state index contributed by atoms with van der Waals surface area (Å²) in [7, 11) is 0. The fourth-order valence-electron chi connectivity index (χ4n) is 2.84. The summed E-state index contributed by atoms with van der Waals surface area (Å²) in [5.74, 6) is 0.795. The van der Waals surface area contributed by atoms with Crippen molar-refractivity contribution in [3.05, 3.63) is 6.33 Å². The molecule has 0 amide bonds. The van der Waals surface area contributed by atoms with Gasteiger partial charge in [-0.1, -0.05) is 39.0 Å². The zero-order chi connectivity index (χ0) is 11.2. The molecule has 0 saturated heterocycles. The summed E-state index contributed by atoms with van der Waals surface area (Å²) in [5, 5.41) is 11.7. The zero-order valence-corrected chi connectivity index (χ0v) is 10.2. The molecule has 16 heavy (non-hydrogen) atoms. The molecule has 0 aromatic carbocycles. The molecule has 0 radical (unpaired) electrons. The molecular weight excluding hydrogens is 200 g/mol. The van der Waals surface area contributed by atoms with Crippen LogP contribution in [0.2, 0.25) is 0 Å². The SMILES string of the molecule is CCCCC(C1CCCCC1)n1cnnn1. The lowest BCUT2D eigenvalue weighted by molar-refractivity contribution is 0.217. The second kappa shape index (κ2) is 5.97. The van der Waals surface area contributed by atoms with Gasteiger partial charge in [-0.25, -0.2) is 4.68 Å². The minimum Gasteiger partial charge on any atom is -0.229 e. The van der Waals surface area contributed by atoms with E-state index in [1.54, 1.807) is 6.33 Å². The van der Waals surface area contributed by atoms with Crippen molar-refractivity contribution < 1.29 is 0 Å². The molecule has 2 rings (SSSR count). The summed E-state index contributed by atoms with van der Waals surface area (Å²) in [6.45, 7) is 2.25. The fourth-order valence-corrected chi connectivity index (χ4v) is 2.84. The third-order valence-electron chi connectivity index (χ3n) is 3.75. The second-order valence-corrected chi connectivity index (χ2v) is 4.90. The molecule has 0 aliphatic heterocycles. The van der Waals surface area contributed by atoms with Crippen LogP contribution in [-0.4, -0.2) is 20.2 Å². The molecule has 90 valence electrons. The summed E-state index contributed by atoms with van der Waals surface area (Å²) >= 11 is 0. The van der Waals surface area contributed by atoms with E-state index in [2.05, 4.69) is 22.4 Å². The smallest absolute Gasteiger partial charge is 0.138 e. The standard InChI is InChI=1S/C12H22N4/c1-2-3-9-12(16-10-13-14-15-16)11-7-5-4-6-8-11/h10-12H,2-9H2,1H3. The van der Waals surface area contributed by atoms with Gasteiger partial charge in [-0.15, -0.1) is 5.10 Å². The van der Waals surface area contributed by atoms with E-state index in [0.29, 0.717) is 6.04 Å². The van der Waals surface area contributed by atoms with E-state index in [9.17, 15) is 0 Å². The van der Waals surface area contributed by atoms with Crippen LogP contribution in [0.1, 0.15) is 64.3 Å². The van der Waals surface area contributed by atoms with E-state index in [4.69, 9.17) is 0 Å². The van der Waals surface area contributed by atoms with Crippen molar-refractivity contribution >= 4 is 0 Å². The number of unbranched alkanes of at least 4 members (excludes halogenated alkanes) is 1. The quantitative estimate of drug-likeness (QED) is 0.769. The Balaban J connectivity index is 2.01. The number of tetrazole rings is 1. The topological polar surface area (TPSA) is 43.6 Å². The van der Waals surface area contributed by atoms with Crippen LogP contribution in [0.15, 0.2) is 6.33 Å². The Morgan fingerprint density at radius 2 is 2.12 bits per heavy atom. The van der Waals surface area contributed by atoms with E-state index >= 15 is 0 Å². The molecule has 4 nitrogen and oxygen atoms in total. The average molecular weight is 222 g/mol. The normalized spacial score (nSPS) is 19.8. The van der Waals surface area contributed by atoms with Gasteiger partial charge in [0.15, 0.2) is 0 Å². The number of hydrogen-bond donors (Lipinski definition) is 0. The molecule has 1 aliphatic rings. The van der Waals surface area contributed by atoms with Gasteiger partial charge in [0.25, 0.3) is 0 Å². The summed E-state index contributed by atoms with van der Waals surface area (Å²) in [6, 6.07) is 0.537. The maximum Gasteiger partial charge on any atom is 0.138 e. The largest absolute Gasteiger partial charge is 0.229 e. The molecule has 4 heteroatoms. The van der Waals surface area contributed by atoms with Crippen molar-refractivity contribution in [2.45, 2.75) is 64.3 Å². The van der Waals surface area contributed by atoms with Gasteiger partial charge in [0.05, 0.1) is 6.04 Å². The lowest BCUT2D eigenvalue weighted by Gasteiger charge is -2.29. The lowest BCUT2D eigenvalue weighted by Crippen LogP contribution is -2.22. The molecule has 0 bridgehead atoms. The van der Waals surface area contributed by atoms with Gasteiger partial charge in [-0.3, -0.25) is 0 Å². The van der Waals surface area contributed by atoms with Crippen LogP contribution in [-0.2, 0) is 0 Å². The van der Waals surface area contributed by atoms with Crippen molar-refractivity contribution in [3.8, 4) is 0 Å². The van der Waals surface area contributed by atoms with Crippen molar-refractivity contribution in [3.63, 3.8) is 0 Å². The lowest BCUT2D eigenvalue weighted by atomic mass is 9.82. The summed E-state index contributed by atoms with van der Waals surface area (Å²) in [4.78, 5) is 0. The van der Waals surface area contributed by atoms with Gasteiger partial charge in [-0.05, 0) is 35.6 Å². The van der Waals surface area contributed by atoms with Gasteiger partial charge in [-0.2, -0.15) is 0 Å². The first-order chi connectivity index (χ1) is 7.92. The minimum atomic E-state index is 0.537. The van der Waals surface area contributed by atoms with Crippen LogP contribution in [0.4, 0.5) is 0 Å². The van der Waals surface area contributed by atoms with E-state index < -0.39 is 0 Å². The predicted octanol–water partition coefficient (Wildman–Crippen LogP) is 2.98. The van der Waals surface area contributed by atoms with E-state index in [-0.39, 0.29) is 0 Å². The zero-order valence-electron chi connectivity index (χ0n) is 10.2. The van der Waals surface area contributed by atoms with Crippen LogP contribution >= 0.6 is 0 Å². The highest BCUT2D eigenvalue weighted by atomic mass is 15.5. The minimum absolute atomic E-state index is 0.537. The van der Waals surface area contributed by atoms with Crippen LogP contribution in [0.3, 0.4) is 0 Å². The third kappa shape index (κ3) is 2.80. The Labute approximate surface area is 97.4 Å². The molecule has 0 spiro atoms. The Morgan fingerprint density at radius 3 is 2.75 bits per heavy atom. The van der Waals surface area contributed by atoms with Crippen LogP contribution in [0.5, 0.6) is 0 Å². The van der Waals surface area contributed by atoms with Gasteiger partial charge in [0, 0.05) is 0 Å². The van der Waals surface area contributed by atoms with Crippen LogP contribution < -0.4 is 0 Å². The molecular formula is C12H22N4. The number of nitrogens with zero attached hydrogens (tertiary/aromatic N) is 4. The van der Waals surface area contributed by atoms with Crippen molar-refractivity contribution in [2.75, 3.05) is 0 Å². The maximum atomic E-state index is 4.10. The highest BCUT2D eigenvalue weighted by Crippen LogP contribution is 2.35. The van der Waals surface area contributed by atoms with E-state index in [1.807, 2.05) is 4.68 Å². The van der Waals surface area contributed by atoms with Gasteiger partial charge in [0.1, 0.15) is 6.33 Å². The molecule has 1 aromatic heterocycles. The molecule has 1 fully saturated rings. The van der Waals surface area contributed by atoms with E-state index in [0.717, 1.165) is 5.92 Å². The first-order valence-corrected chi connectivity index (χ1v) is 6.64. The Bertz CT molecular complexity index is 277. The van der Waals surface area contributed by atoms with Crippen LogP contribution in [0.25, 0.3) is 0 Å². The van der Waals surface area contributed by atoms with Crippen molar-refractivity contribution in [1.29, 1.82) is 0 Å². The number of rotatable bonds is 5. The molecule has 1 saturated carbocycles. The monoisotopic (exact) mass is 222 g/mol. The fraction of sp³-hybridized carbons (Fsp3) is 0.917. The molecule has 0 N–H and O–H groups in total. The van der Waals surface area contributed by atoms with Gasteiger partial charge >= 0.3 is 0 Å². The summed E-state index contributed by atoms with van der Waals surface area (Å²) in [5.41, 5.74) is 0. The molecule has 1 aliphatic carbocycles. The average Bonchev–Trinajstić information content (AvgIpc) is 2.85. The first kappa shape index (κ1) is 11.6. The Kier molecular flexibility index (Phi) is 4.31.